The van der Waals surface area contributed by atoms with Crippen molar-refractivity contribution < 1.29 is 71.6 Å². The molecule has 4 saturated heterocycles. The normalized spacial score (nSPS) is 35.1. The van der Waals surface area contributed by atoms with Crippen LogP contribution < -0.4 is 19.8 Å². The number of rotatable bonds is 3. The fraction of sp³-hybridized carbons (Fsp3) is 0.750. The van der Waals surface area contributed by atoms with Crippen molar-refractivity contribution in [1.29, 1.82) is 0 Å². The maximum atomic E-state index is 12.3. The molecule has 4 spiro atoms. The van der Waals surface area contributed by atoms with Gasteiger partial charge in [0.05, 0.1) is 115 Å². The lowest BCUT2D eigenvalue weighted by Crippen LogP contribution is -2.56. The average molecular weight is 1790 g/mol. The number of aromatic amines is 1. The molecule has 4 aliphatic heterocycles. The summed E-state index contributed by atoms with van der Waals surface area (Å²) in [5.41, 5.74) is 11.0. The van der Waals surface area contributed by atoms with Gasteiger partial charge in [0.25, 0.3) is 5.56 Å². The predicted octanol–water partition coefficient (Wildman–Crippen LogP) is 18.4. The summed E-state index contributed by atoms with van der Waals surface area (Å²) in [6, 6.07) is 0. The van der Waals surface area contributed by atoms with Gasteiger partial charge < -0.3 is 62.2 Å². The number of aliphatic hydroxyl groups is 1. The lowest BCUT2D eigenvalue weighted by molar-refractivity contribution is -0.242. The summed E-state index contributed by atoms with van der Waals surface area (Å²) in [6.45, 7) is 32.3. The van der Waals surface area contributed by atoms with E-state index in [9.17, 15) is 24.3 Å². The fourth-order valence-corrected chi connectivity index (χ4v) is 27.5. The van der Waals surface area contributed by atoms with Gasteiger partial charge in [-0.1, -0.05) is 139 Å². The molecule has 2 N–H and O–H groups in total. The van der Waals surface area contributed by atoms with Gasteiger partial charge in [0.1, 0.15) is 42.0 Å². The number of nitrogens with zero attached hydrogens (tertiary/aromatic N) is 9. The predicted molar refractivity (Wildman–Crippen MR) is 489 cm³/mol. The highest BCUT2D eigenvalue weighted by Gasteiger charge is 2.63. The second kappa shape index (κ2) is 39.5. The topological polar surface area (TPSA) is 322 Å². The number of carbonyl (C=O) groups is 3. The van der Waals surface area contributed by atoms with Crippen LogP contribution in [0.15, 0.2) is 48.3 Å². The molecule has 7 saturated carbocycles. The molecule has 26 nitrogen and oxygen atoms in total. The fourth-order valence-electron chi connectivity index (χ4n) is 27.2. The molecule has 12 aliphatic carbocycles. The third kappa shape index (κ3) is 17.1. The monoisotopic (exact) mass is 1790 g/mol. The van der Waals surface area contributed by atoms with Crippen LogP contribution >= 0.6 is 11.6 Å². The van der Waals surface area contributed by atoms with E-state index in [1.165, 1.54) is 17.6 Å². The van der Waals surface area contributed by atoms with Crippen molar-refractivity contribution in [2.45, 2.75) is 332 Å². The van der Waals surface area contributed by atoms with Crippen LogP contribution in [0.4, 0.5) is 0 Å². The quantitative estimate of drug-likeness (QED) is 0.0962. The number of ether oxygens (including phenoxy) is 11. The molecular formula is C100H153ClN10O16. The molecule has 706 valence electrons. The smallest absolute Gasteiger partial charge is 0.254 e. The minimum absolute atomic E-state index is 0. The third-order valence-electron chi connectivity index (χ3n) is 34.2. The summed E-state index contributed by atoms with van der Waals surface area (Å²) >= 11 is 6.29. The number of halogens is 1. The molecule has 11 fully saturated rings. The van der Waals surface area contributed by atoms with Crippen molar-refractivity contribution in [1.82, 2.24) is 49.8 Å². The summed E-state index contributed by atoms with van der Waals surface area (Å²) in [6.07, 6.45) is 31.2. The van der Waals surface area contributed by atoms with Crippen molar-refractivity contribution >= 4 is 29.0 Å². The van der Waals surface area contributed by atoms with Crippen LogP contribution in [0.3, 0.4) is 0 Å². The average Bonchev–Trinajstić information content (AvgIpc) is 1.72. The highest BCUT2D eigenvalue weighted by molar-refractivity contribution is 6.30. The van der Waals surface area contributed by atoms with E-state index < -0.39 is 5.79 Å². The summed E-state index contributed by atoms with van der Waals surface area (Å²) in [5.74, 6) is 5.54. The molecule has 16 aliphatic rings. The first-order chi connectivity index (χ1) is 57.9. The van der Waals surface area contributed by atoms with Crippen molar-refractivity contribution in [2.24, 2.45) is 76.4 Å². The van der Waals surface area contributed by atoms with Crippen LogP contribution in [0.1, 0.15) is 306 Å². The Balaban J connectivity index is 0.000000158. The number of aromatic nitrogens is 10. The van der Waals surface area contributed by atoms with Crippen LogP contribution in [-0.2, 0) is 111 Å². The lowest BCUT2D eigenvalue weighted by Gasteiger charge is -2.54. The summed E-state index contributed by atoms with van der Waals surface area (Å²) in [4.78, 5) is 91.0. The molecular weight excluding hydrogens is 1630 g/mol. The van der Waals surface area contributed by atoms with E-state index in [1.54, 1.807) is 46.6 Å². The van der Waals surface area contributed by atoms with Gasteiger partial charge >= 0.3 is 0 Å². The second-order valence-corrected chi connectivity index (χ2v) is 39.6. The Morgan fingerprint density at radius 3 is 1.09 bits per heavy atom. The number of allylic oxidation sites excluding steroid dienone is 1. The largest absolute Gasteiger partial charge is 0.515 e. The minimum atomic E-state index is -0.400. The Morgan fingerprint density at radius 2 is 0.701 bits per heavy atom. The number of aliphatic hydroxyl groups excluding tert-OH is 1. The number of hydrogen-bond donors (Lipinski definition) is 2. The third-order valence-corrected chi connectivity index (χ3v) is 34.5. The van der Waals surface area contributed by atoms with E-state index in [2.05, 4.69) is 126 Å². The number of methoxy groups -OCH3 is 3. The first-order valence-corrected chi connectivity index (χ1v) is 45.6. The molecule has 0 unspecified atom stereocenters. The molecule has 18 atom stereocenters. The van der Waals surface area contributed by atoms with Crippen molar-refractivity contribution in [3.63, 3.8) is 0 Å². The Bertz CT molecular complexity index is 4780. The Morgan fingerprint density at radius 1 is 0.378 bits per heavy atom. The van der Waals surface area contributed by atoms with Gasteiger partial charge in [0.15, 0.2) is 28.9 Å². The number of ketones is 3. The zero-order chi connectivity index (χ0) is 85.6. The van der Waals surface area contributed by atoms with Crippen molar-refractivity contribution in [3.8, 4) is 17.6 Å². The second-order valence-electron chi connectivity index (χ2n) is 39.3. The highest BCUT2D eigenvalue weighted by atomic mass is 35.5. The maximum Gasteiger partial charge on any atom is 0.254 e. The highest BCUT2D eigenvalue weighted by Crippen LogP contribution is 2.63. The number of fused-ring (bicyclic) bond motifs is 16. The number of H-pyrrole nitrogens is 1. The van der Waals surface area contributed by atoms with Crippen LogP contribution in [0.5, 0.6) is 17.6 Å². The van der Waals surface area contributed by atoms with Gasteiger partial charge in [-0.25, -0.2) is 44.9 Å². The van der Waals surface area contributed by atoms with Crippen LogP contribution in [0.2, 0.25) is 5.15 Å². The van der Waals surface area contributed by atoms with Gasteiger partial charge in [-0.2, -0.15) is 0 Å². The zero-order valence-electron chi connectivity index (χ0n) is 74.0. The standard InChI is InChI=1S/C17H24N2O3.C16H21ClN2O2.C16H22N2O3.C16H20N2O3.C15H20N2O2.C14H22O3.6CH4/c1-11-13-5-4-12-14(18-10-19-15(12)20-3)16(13,2)6-7-17(11)21-8-9-22-17;1-10-12-4-3-11-13(18-9-19-14(11)17)15(12,2)5-6-16(10)20-7-8-21-16;1-10-12-4-3-11-13(17-9-18-14(11)19)15(12,2)5-6-16(10)20-7-8-21-16;1-9-12-5-4-11-14(17-8-18-15(11)21-3)16(12,2)6-10(7-19)13(9)20;1-9-11-5-4-10-13(16-8-17-14(10)19-3)15(11,2)7-6-12(9)18;1-10-11-4-3-5-12(15)13(11,2)6-7-14(10)16-8-9-17-14;;;;;;/h10-11,13H,4-9H2,1-3H3;9-10,12H,3-8H2,1-2H3;9-10,12H,3-8H2,1-2H3,(H,17,18,19);7-9,12,19H,4-6H2,1-3H3;8-9,11H,4-7H2,1-3H3;10-11H,3-9H2,1-2H3;6*1H4/b;;;10-7-;;;;;;;;/t11-,13-,16-;2*10-,12-,15-;9-,12-,16-;9-,11-,15-;10-,11-,13-;;;;;;/m000000....../s1. The first-order valence-electron chi connectivity index (χ1n) is 45.2. The number of Topliss-reactive ketones (excluding diaryl/α,β-unsaturated/α-hetero) is 3. The number of nitrogens with one attached hydrogen (secondary N) is 1. The number of hydrogen-bond acceptors (Lipinski definition) is 25. The van der Waals surface area contributed by atoms with Gasteiger partial charge in [-0.15, -0.1) is 0 Å². The zero-order valence-corrected chi connectivity index (χ0v) is 74.7. The van der Waals surface area contributed by atoms with Crippen LogP contribution in [0.25, 0.3) is 0 Å². The molecule has 0 aromatic carbocycles. The molecule has 0 bridgehead atoms. The van der Waals surface area contributed by atoms with E-state index in [0.29, 0.717) is 127 Å². The van der Waals surface area contributed by atoms with Crippen LogP contribution in [-0.4, -0.2) is 170 Å². The van der Waals surface area contributed by atoms with Crippen LogP contribution in [0, 0.1) is 76.4 Å². The molecule has 9 heterocycles. The van der Waals surface area contributed by atoms with Crippen molar-refractivity contribution in [3.05, 3.63) is 115 Å². The van der Waals surface area contributed by atoms with E-state index in [-0.39, 0.29) is 124 Å². The Kier molecular flexibility index (Phi) is 31.8. The summed E-state index contributed by atoms with van der Waals surface area (Å²) in [7, 11) is 4.96. The van der Waals surface area contributed by atoms with Gasteiger partial charge in [0, 0.05) is 140 Å². The van der Waals surface area contributed by atoms with E-state index >= 15 is 0 Å². The Labute approximate surface area is 761 Å². The summed E-state index contributed by atoms with van der Waals surface area (Å²) < 4.78 is 64.1. The van der Waals surface area contributed by atoms with Gasteiger partial charge in [-0.05, 0) is 151 Å². The lowest BCUT2D eigenvalue weighted by atomic mass is 9.55. The van der Waals surface area contributed by atoms with Gasteiger partial charge in [0.2, 0.25) is 17.6 Å². The van der Waals surface area contributed by atoms with E-state index in [0.717, 1.165) is 225 Å². The molecule has 0 amide bonds. The van der Waals surface area contributed by atoms with E-state index in [1.807, 2.05) is 6.92 Å². The molecule has 127 heavy (non-hydrogen) atoms. The van der Waals surface area contributed by atoms with Gasteiger partial charge in [-0.3, -0.25) is 19.2 Å². The molecule has 0 radical (unpaired) electrons. The SMILES string of the molecule is C.C.C.C.C.C.COc1ncnc2c1CC[C@H]1[C@H](C)C(=O)/C(=C\O)C[C@]21C.COc1ncnc2c1CC[C@H]1[C@H](C)C(=O)CC[C@]21C.COc1ncnc2c1CC[C@H]1[C@H](C)C3(CC[C@]21C)OCCO3.C[C@H]1[C@@H]2CCCC(=O)[C@@]2(C)CCC12OCCO2.C[C@H]1[C@@H]2CCc3c(Cl)ncnc3[C@@]2(C)CCC12OCCO2.C[C@H]1[C@@H]2CCc3c(nc[nH]c3=O)[C@@]2(C)CCC12OCCO2. The van der Waals surface area contributed by atoms with E-state index in [4.69, 9.17) is 63.7 Å². The maximum absolute atomic E-state index is 12.3. The molecule has 5 aromatic heterocycles. The summed E-state index contributed by atoms with van der Waals surface area (Å²) in [5, 5.41) is 10.0. The minimum Gasteiger partial charge on any atom is -0.515 e. The Hall–Kier alpha value is -6.88. The molecule has 27 heteroatoms. The first kappa shape index (κ1) is 102. The molecule has 5 aromatic rings. The number of carbonyl (C=O) groups excluding carboxylic acids is 3. The van der Waals surface area contributed by atoms with Crippen molar-refractivity contribution in [2.75, 3.05) is 74.2 Å². The molecule has 21 rings (SSSR count).